The number of benzene rings is 1. The van der Waals surface area contributed by atoms with Crippen LogP contribution in [0, 0.1) is 0 Å². The Morgan fingerprint density at radius 1 is 1.24 bits per heavy atom. The highest BCUT2D eigenvalue weighted by atomic mass is 32.1. The third kappa shape index (κ3) is 2.66. The Morgan fingerprint density at radius 3 is 2.65 bits per heavy atom. The molecule has 0 amide bonds. The van der Waals surface area contributed by atoms with Crippen LogP contribution < -0.4 is 16.2 Å². The summed E-state index contributed by atoms with van der Waals surface area (Å²) in [6.45, 7) is 0. The van der Waals surface area contributed by atoms with E-state index >= 15 is 0 Å². The van der Waals surface area contributed by atoms with Crippen molar-refractivity contribution in [3.05, 3.63) is 52.2 Å². The summed E-state index contributed by atoms with van der Waals surface area (Å²) in [5.74, 6) is 5.66. The first-order valence-electron chi connectivity index (χ1n) is 5.48. The van der Waals surface area contributed by atoms with Gasteiger partial charge in [-0.05, 0) is 40.1 Å². The molecule has 2 aromatic rings. The zero-order valence-corrected chi connectivity index (χ0v) is 10.9. The van der Waals surface area contributed by atoms with Gasteiger partial charge >= 0.3 is 0 Å². The molecule has 0 aliphatic rings. The van der Waals surface area contributed by atoms with Crippen LogP contribution in [-0.2, 0) is 0 Å². The molecular weight excluding hydrogens is 230 g/mol. The molecule has 0 saturated heterocycles. The number of nitrogens with two attached hydrogens (primary N) is 1. The van der Waals surface area contributed by atoms with Gasteiger partial charge in [0, 0.05) is 19.8 Å². The Labute approximate surface area is 106 Å². The molecule has 0 bridgehead atoms. The van der Waals surface area contributed by atoms with E-state index in [1.165, 1.54) is 16.8 Å². The molecule has 3 nitrogen and oxygen atoms in total. The van der Waals surface area contributed by atoms with Gasteiger partial charge in [-0.3, -0.25) is 5.84 Å². The molecule has 1 unspecified atom stereocenters. The molecule has 1 atom stereocenters. The number of rotatable bonds is 4. The number of hydrogen-bond acceptors (Lipinski definition) is 4. The Hall–Kier alpha value is -1.36. The van der Waals surface area contributed by atoms with E-state index in [-0.39, 0.29) is 6.04 Å². The summed E-state index contributed by atoms with van der Waals surface area (Å²) in [6, 6.07) is 10.5. The van der Waals surface area contributed by atoms with Crippen LogP contribution in [0.25, 0.3) is 0 Å². The molecule has 1 heterocycles. The van der Waals surface area contributed by atoms with Crippen molar-refractivity contribution in [3.63, 3.8) is 0 Å². The summed E-state index contributed by atoms with van der Waals surface area (Å²) in [4.78, 5) is 2.09. The Bertz CT molecular complexity index is 465. The fourth-order valence-corrected chi connectivity index (χ4v) is 2.49. The molecule has 0 radical (unpaired) electrons. The van der Waals surface area contributed by atoms with Crippen LogP contribution in [0.5, 0.6) is 0 Å². The van der Waals surface area contributed by atoms with Gasteiger partial charge in [0.2, 0.25) is 0 Å². The second-order valence-electron chi connectivity index (χ2n) is 4.15. The maximum absolute atomic E-state index is 5.66. The Balaban J connectivity index is 2.34. The lowest BCUT2D eigenvalue weighted by atomic mass is 10.0. The third-order valence-corrected chi connectivity index (χ3v) is 3.46. The highest BCUT2D eigenvalue weighted by Crippen LogP contribution is 2.25. The van der Waals surface area contributed by atoms with Crippen LogP contribution in [0.2, 0.25) is 0 Å². The predicted molar refractivity (Wildman–Crippen MR) is 74.3 cm³/mol. The quantitative estimate of drug-likeness (QED) is 0.644. The molecule has 2 rings (SSSR count). The number of anilines is 1. The van der Waals surface area contributed by atoms with E-state index in [1.807, 2.05) is 14.1 Å². The molecule has 0 spiro atoms. The first-order chi connectivity index (χ1) is 8.22. The fourth-order valence-electron chi connectivity index (χ4n) is 1.81. The maximum Gasteiger partial charge on any atom is 0.0718 e. The van der Waals surface area contributed by atoms with E-state index in [0.717, 1.165) is 0 Å². The lowest BCUT2D eigenvalue weighted by molar-refractivity contribution is 0.639. The average Bonchev–Trinajstić information content (AvgIpc) is 2.84. The van der Waals surface area contributed by atoms with E-state index < -0.39 is 0 Å². The van der Waals surface area contributed by atoms with E-state index in [2.05, 4.69) is 51.4 Å². The first-order valence-corrected chi connectivity index (χ1v) is 6.42. The molecule has 0 saturated carbocycles. The van der Waals surface area contributed by atoms with Crippen LogP contribution in [0.15, 0.2) is 41.1 Å². The summed E-state index contributed by atoms with van der Waals surface area (Å²) >= 11 is 1.68. The van der Waals surface area contributed by atoms with Crippen LogP contribution in [0.1, 0.15) is 17.2 Å². The van der Waals surface area contributed by atoms with E-state index in [1.54, 1.807) is 11.3 Å². The van der Waals surface area contributed by atoms with Crippen LogP contribution in [0.4, 0.5) is 5.69 Å². The number of thiophene rings is 1. The lowest BCUT2D eigenvalue weighted by Gasteiger charge is -2.18. The number of hydrazine groups is 1. The highest BCUT2D eigenvalue weighted by molar-refractivity contribution is 7.08. The average molecular weight is 247 g/mol. The molecule has 1 aromatic carbocycles. The van der Waals surface area contributed by atoms with E-state index in [4.69, 9.17) is 5.84 Å². The van der Waals surface area contributed by atoms with Gasteiger partial charge in [0.1, 0.15) is 0 Å². The van der Waals surface area contributed by atoms with Crippen molar-refractivity contribution < 1.29 is 0 Å². The number of nitrogens with one attached hydrogen (secondary N) is 1. The SMILES string of the molecule is CN(C)c1cccc(C(NN)c2ccsc2)c1. The summed E-state index contributed by atoms with van der Waals surface area (Å²) in [5.41, 5.74) is 6.43. The minimum absolute atomic E-state index is 0.0566. The summed E-state index contributed by atoms with van der Waals surface area (Å²) in [5, 5.41) is 4.18. The molecular formula is C13H17N3S. The van der Waals surface area contributed by atoms with Crippen molar-refractivity contribution in [1.29, 1.82) is 0 Å². The van der Waals surface area contributed by atoms with Gasteiger partial charge < -0.3 is 4.90 Å². The van der Waals surface area contributed by atoms with Gasteiger partial charge in [0.05, 0.1) is 6.04 Å². The Kier molecular flexibility index (Phi) is 3.78. The topological polar surface area (TPSA) is 41.3 Å². The second kappa shape index (κ2) is 5.31. The van der Waals surface area contributed by atoms with Crippen LogP contribution in [-0.4, -0.2) is 14.1 Å². The standard InChI is InChI=1S/C13H17N3S/c1-16(2)12-5-3-4-10(8-12)13(15-14)11-6-7-17-9-11/h3-9,13,15H,14H2,1-2H3. The van der Waals surface area contributed by atoms with Crippen LogP contribution >= 0.6 is 11.3 Å². The summed E-state index contributed by atoms with van der Waals surface area (Å²) in [7, 11) is 4.07. The largest absolute Gasteiger partial charge is 0.378 e. The van der Waals surface area contributed by atoms with Crippen molar-refractivity contribution >= 4 is 17.0 Å². The fraction of sp³-hybridized carbons (Fsp3) is 0.231. The van der Waals surface area contributed by atoms with Crippen molar-refractivity contribution in [1.82, 2.24) is 5.43 Å². The monoisotopic (exact) mass is 247 g/mol. The molecule has 90 valence electrons. The zero-order chi connectivity index (χ0) is 12.3. The van der Waals surface area contributed by atoms with Crippen LogP contribution in [0.3, 0.4) is 0 Å². The third-order valence-electron chi connectivity index (χ3n) is 2.76. The number of hydrogen-bond donors (Lipinski definition) is 2. The molecule has 17 heavy (non-hydrogen) atoms. The minimum atomic E-state index is 0.0566. The van der Waals surface area contributed by atoms with Gasteiger partial charge in [-0.25, -0.2) is 5.43 Å². The molecule has 1 aromatic heterocycles. The summed E-state index contributed by atoms with van der Waals surface area (Å²) < 4.78 is 0. The van der Waals surface area contributed by atoms with Gasteiger partial charge in [0.25, 0.3) is 0 Å². The maximum atomic E-state index is 5.66. The molecule has 4 heteroatoms. The number of nitrogens with zero attached hydrogens (tertiary/aromatic N) is 1. The predicted octanol–water partition coefficient (Wildman–Crippen LogP) is 2.37. The van der Waals surface area contributed by atoms with Gasteiger partial charge in [-0.1, -0.05) is 12.1 Å². The van der Waals surface area contributed by atoms with Crippen molar-refractivity contribution in [2.45, 2.75) is 6.04 Å². The van der Waals surface area contributed by atoms with Crippen molar-refractivity contribution in [2.75, 3.05) is 19.0 Å². The Morgan fingerprint density at radius 2 is 2.06 bits per heavy atom. The van der Waals surface area contributed by atoms with Gasteiger partial charge in [-0.2, -0.15) is 11.3 Å². The smallest absolute Gasteiger partial charge is 0.0718 e. The molecule has 0 aliphatic heterocycles. The lowest BCUT2D eigenvalue weighted by Crippen LogP contribution is -2.28. The van der Waals surface area contributed by atoms with Crippen molar-refractivity contribution in [3.8, 4) is 0 Å². The summed E-state index contributed by atoms with van der Waals surface area (Å²) in [6.07, 6.45) is 0. The minimum Gasteiger partial charge on any atom is -0.378 e. The first kappa shape index (κ1) is 12.1. The zero-order valence-electron chi connectivity index (χ0n) is 10.1. The van der Waals surface area contributed by atoms with E-state index in [0.29, 0.717) is 0 Å². The molecule has 0 fully saturated rings. The van der Waals surface area contributed by atoms with Crippen molar-refractivity contribution in [2.24, 2.45) is 5.84 Å². The van der Waals surface area contributed by atoms with Gasteiger partial charge in [-0.15, -0.1) is 0 Å². The molecule has 3 N–H and O–H groups in total. The second-order valence-corrected chi connectivity index (χ2v) is 4.93. The highest BCUT2D eigenvalue weighted by Gasteiger charge is 2.13. The normalized spacial score (nSPS) is 12.4. The van der Waals surface area contributed by atoms with Gasteiger partial charge in [0.15, 0.2) is 0 Å². The molecule has 0 aliphatic carbocycles. The van der Waals surface area contributed by atoms with E-state index in [9.17, 15) is 0 Å².